The van der Waals surface area contributed by atoms with E-state index in [0.717, 1.165) is 0 Å². The number of nitrogens with zero attached hydrogens (tertiary/aromatic N) is 3. The Balaban J connectivity index is 1.99. The van der Waals surface area contributed by atoms with Crippen LogP contribution < -0.4 is 0 Å². The summed E-state index contributed by atoms with van der Waals surface area (Å²) in [5, 5.41) is 3.37. The van der Waals surface area contributed by atoms with E-state index in [1.165, 1.54) is 0 Å². The van der Waals surface area contributed by atoms with Gasteiger partial charge in [-0.15, -0.1) is 0 Å². The van der Waals surface area contributed by atoms with Crippen molar-refractivity contribution in [3.8, 4) is 0 Å². The van der Waals surface area contributed by atoms with Crippen LogP contribution in [0.25, 0.3) is 10.4 Å². The smallest absolute Gasteiger partial charge is 0.315 e. The molecule has 3 atom stereocenters. The van der Waals surface area contributed by atoms with Gasteiger partial charge in [0.15, 0.2) is 5.79 Å². The Morgan fingerprint density at radius 2 is 2.25 bits per heavy atom. The highest BCUT2D eigenvalue weighted by atomic mass is 16.8. The van der Waals surface area contributed by atoms with Crippen molar-refractivity contribution in [3.05, 3.63) is 10.4 Å². The third-order valence-electron chi connectivity index (χ3n) is 2.63. The van der Waals surface area contributed by atoms with E-state index in [1.807, 2.05) is 0 Å². The molecule has 2 fully saturated rings. The number of carbonyl (C=O) groups is 1. The molecule has 0 amide bonds. The van der Waals surface area contributed by atoms with Crippen molar-refractivity contribution in [2.45, 2.75) is 44.3 Å². The van der Waals surface area contributed by atoms with E-state index in [-0.39, 0.29) is 12.2 Å². The predicted octanol–water partition coefficient (Wildman–Crippen LogP) is 1.13. The minimum atomic E-state index is -0.734. The highest BCUT2D eigenvalue weighted by molar-refractivity contribution is 5.78. The van der Waals surface area contributed by atoms with E-state index >= 15 is 0 Å². The standard InChI is InChI=1S/C9H13N3O4/c1-9(2)14-4-7(16-9)6-3-5(11-12-10)8(13)15-6/h5-7H,3-4H2,1-2H3/t5-,6-,7-/m1/s1. The van der Waals surface area contributed by atoms with Crippen molar-refractivity contribution < 1.29 is 19.0 Å². The molecule has 0 unspecified atom stereocenters. The zero-order valence-electron chi connectivity index (χ0n) is 9.12. The Kier molecular flexibility index (Phi) is 2.75. The maximum Gasteiger partial charge on any atom is 0.315 e. The van der Waals surface area contributed by atoms with Crippen molar-refractivity contribution in [1.29, 1.82) is 0 Å². The molecule has 0 aromatic carbocycles. The van der Waals surface area contributed by atoms with Crippen molar-refractivity contribution >= 4 is 5.97 Å². The average Bonchev–Trinajstić information content (AvgIpc) is 2.72. The van der Waals surface area contributed by atoms with Crippen LogP contribution in [-0.4, -0.2) is 36.6 Å². The van der Waals surface area contributed by atoms with Crippen molar-refractivity contribution in [2.75, 3.05) is 6.61 Å². The molecule has 0 aromatic rings. The lowest BCUT2D eigenvalue weighted by atomic mass is 10.1. The molecule has 0 aromatic heterocycles. The zero-order valence-corrected chi connectivity index (χ0v) is 9.12. The van der Waals surface area contributed by atoms with Gasteiger partial charge < -0.3 is 14.2 Å². The molecular formula is C9H13N3O4. The summed E-state index contributed by atoms with van der Waals surface area (Å²) < 4.78 is 16.0. The van der Waals surface area contributed by atoms with E-state index in [4.69, 9.17) is 19.7 Å². The number of carbonyl (C=O) groups excluding carboxylic acids is 1. The number of cyclic esters (lactones) is 1. The van der Waals surface area contributed by atoms with Gasteiger partial charge in [-0.2, -0.15) is 0 Å². The number of azide groups is 1. The molecule has 2 saturated heterocycles. The Morgan fingerprint density at radius 3 is 2.81 bits per heavy atom. The van der Waals surface area contributed by atoms with Crippen LogP contribution in [0.15, 0.2) is 5.11 Å². The van der Waals surface area contributed by atoms with Gasteiger partial charge in [-0.3, -0.25) is 4.79 Å². The molecule has 2 aliphatic rings. The Labute approximate surface area is 92.3 Å². The van der Waals surface area contributed by atoms with Gasteiger partial charge in [0.1, 0.15) is 18.2 Å². The van der Waals surface area contributed by atoms with Crippen molar-refractivity contribution in [2.24, 2.45) is 5.11 Å². The first-order valence-electron chi connectivity index (χ1n) is 5.08. The SMILES string of the molecule is CC1(C)OC[C@H]([C@H]2C[C@@H](N=[N+]=[N-])C(=O)O2)O1. The topological polar surface area (TPSA) is 93.5 Å². The Bertz CT molecular complexity index is 351. The largest absolute Gasteiger partial charge is 0.459 e. The first kappa shape index (κ1) is 11.2. The molecule has 2 heterocycles. The monoisotopic (exact) mass is 227 g/mol. The van der Waals surface area contributed by atoms with Crippen molar-refractivity contribution in [1.82, 2.24) is 0 Å². The first-order chi connectivity index (χ1) is 7.52. The number of rotatable bonds is 2. The summed E-state index contributed by atoms with van der Waals surface area (Å²) in [7, 11) is 0. The molecule has 7 nitrogen and oxygen atoms in total. The molecule has 2 rings (SSSR count). The van der Waals surface area contributed by atoms with E-state index in [0.29, 0.717) is 13.0 Å². The molecule has 16 heavy (non-hydrogen) atoms. The minimum absolute atomic E-state index is 0.280. The maximum absolute atomic E-state index is 11.3. The van der Waals surface area contributed by atoms with E-state index in [2.05, 4.69) is 10.0 Å². The summed E-state index contributed by atoms with van der Waals surface area (Å²) in [5.41, 5.74) is 8.27. The Hall–Kier alpha value is -1.30. The number of hydrogen-bond donors (Lipinski definition) is 0. The summed E-state index contributed by atoms with van der Waals surface area (Å²) in [6.45, 7) is 3.98. The van der Waals surface area contributed by atoms with Gasteiger partial charge in [0.25, 0.3) is 0 Å². The van der Waals surface area contributed by atoms with Gasteiger partial charge >= 0.3 is 5.97 Å². The van der Waals surface area contributed by atoms with Gasteiger partial charge in [0.05, 0.1) is 6.61 Å². The molecule has 0 spiro atoms. The lowest BCUT2D eigenvalue weighted by Gasteiger charge is -2.19. The van der Waals surface area contributed by atoms with Crippen LogP contribution in [0.1, 0.15) is 20.3 Å². The molecular weight excluding hydrogens is 214 g/mol. The summed E-state index contributed by atoms with van der Waals surface area (Å²) in [5.74, 6) is -1.13. The minimum Gasteiger partial charge on any atom is -0.459 e. The van der Waals surface area contributed by atoms with Gasteiger partial charge in [-0.1, -0.05) is 5.11 Å². The molecule has 0 radical (unpaired) electrons. The fraction of sp³-hybridized carbons (Fsp3) is 0.889. The normalized spacial score (nSPS) is 36.9. The summed E-state index contributed by atoms with van der Waals surface area (Å²) in [4.78, 5) is 13.9. The van der Waals surface area contributed by atoms with E-state index in [9.17, 15) is 4.79 Å². The third kappa shape index (κ3) is 2.11. The van der Waals surface area contributed by atoms with Crippen LogP contribution >= 0.6 is 0 Å². The summed E-state index contributed by atoms with van der Waals surface area (Å²) in [6, 6.07) is -0.734. The fourth-order valence-electron chi connectivity index (χ4n) is 1.88. The summed E-state index contributed by atoms with van der Waals surface area (Å²) >= 11 is 0. The van der Waals surface area contributed by atoms with Gasteiger partial charge in [-0.25, -0.2) is 0 Å². The number of ether oxygens (including phenoxy) is 3. The maximum atomic E-state index is 11.3. The van der Waals surface area contributed by atoms with Gasteiger partial charge in [0, 0.05) is 11.3 Å². The third-order valence-corrected chi connectivity index (χ3v) is 2.63. The van der Waals surface area contributed by atoms with Crippen LogP contribution in [0.3, 0.4) is 0 Å². The molecule has 0 aliphatic carbocycles. The van der Waals surface area contributed by atoms with E-state index < -0.39 is 17.8 Å². The molecule has 7 heteroatoms. The second-order valence-electron chi connectivity index (χ2n) is 4.30. The van der Waals surface area contributed by atoms with Crippen LogP contribution in [0.5, 0.6) is 0 Å². The second kappa shape index (κ2) is 3.93. The highest BCUT2D eigenvalue weighted by Gasteiger charge is 2.44. The second-order valence-corrected chi connectivity index (χ2v) is 4.30. The number of hydrogen-bond acceptors (Lipinski definition) is 5. The lowest BCUT2D eigenvalue weighted by molar-refractivity contribution is -0.162. The molecule has 0 bridgehead atoms. The van der Waals surface area contributed by atoms with Crippen molar-refractivity contribution in [3.63, 3.8) is 0 Å². The van der Waals surface area contributed by atoms with Crippen LogP contribution in [-0.2, 0) is 19.0 Å². The quantitative estimate of drug-likeness (QED) is 0.306. The van der Waals surface area contributed by atoms with Crippen LogP contribution in [0, 0.1) is 0 Å². The Morgan fingerprint density at radius 1 is 1.50 bits per heavy atom. The molecule has 0 N–H and O–H groups in total. The first-order valence-corrected chi connectivity index (χ1v) is 5.08. The molecule has 2 aliphatic heterocycles. The predicted molar refractivity (Wildman–Crippen MR) is 52.3 cm³/mol. The summed E-state index contributed by atoms with van der Waals surface area (Å²) in [6.07, 6.45) is -0.310. The zero-order chi connectivity index (χ0) is 11.8. The fourth-order valence-corrected chi connectivity index (χ4v) is 1.88. The highest BCUT2D eigenvalue weighted by Crippen LogP contribution is 2.30. The van der Waals surface area contributed by atoms with E-state index in [1.54, 1.807) is 13.8 Å². The molecule has 0 saturated carbocycles. The van der Waals surface area contributed by atoms with Gasteiger partial charge in [0.2, 0.25) is 0 Å². The van der Waals surface area contributed by atoms with Gasteiger partial charge in [-0.05, 0) is 19.4 Å². The van der Waals surface area contributed by atoms with Crippen LogP contribution in [0.4, 0.5) is 0 Å². The van der Waals surface area contributed by atoms with Crippen LogP contribution in [0.2, 0.25) is 0 Å². The molecule has 88 valence electrons. The lowest BCUT2D eigenvalue weighted by Crippen LogP contribution is -2.30. The number of esters is 1. The average molecular weight is 227 g/mol.